The Balaban J connectivity index is 4.62. The minimum Gasteiger partial charge on any atom is -0.444 e. The number of amides is 8. The second-order valence-electron chi connectivity index (χ2n) is 14.5. The number of unbranched alkanes of at least 4 members (excludes halogenated alkanes) is 3. The van der Waals surface area contributed by atoms with Crippen molar-refractivity contribution in [2.75, 3.05) is 52.4 Å². The van der Waals surface area contributed by atoms with Crippen LogP contribution in [-0.4, -0.2) is 115 Å². The molecule has 0 radical (unpaired) electrons. The predicted molar refractivity (Wildman–Crippen MR) is 189 cm³/mol. The van der Waals surface area contributed by atoms with E-state index in [1.54, 1.807) is 62.3 Å². The highest BCUT2D eigenvalue weighted by atomic mass is 16.6. The summed E-state index contributed by atoms with van der Waals surface area (Å²) in [6, 6.07) is -1.12. The summed E-state index contributed by atoms with van der Waals surface area (Å²) in [7, 11) is 0. The van der Waals surface area contributed by atoms with E-state index in [0.29, 0.717) is 64.7 Å². The van der Waals surface area contributed by atoms with E-state index in [1.165, 1.54) is 4.90 Å². The lowest BCUT2D eigenvalue weighted by molar-refractivity contribution is -0.129. The number of hydrogen-bond donors (Lipinski definition) is 5. The van der Waals surface area contributed by atoms with Gasteiger partial charge < -0.3 is 45.7 Å². The molecule has 8 amide bonds. The van der Waals surface area contributed by atoms with E-state index < -0.39 is 53.6 Å². The van der Waals surface area contributed by atoms with Crippen LogP contribution in [0, 0.1) is 12.3 Å². The first-order valence-corrected chi connectivity index (χ1v) is 17.1. The standard InChI is InChI=1S/C34H61N7O9/c1-11-22-40(23-16-14-19-36-27(43)35-18-12-13-20-37-29(45)48-32(2,3)4)26(42)25-39-28(44)41(31(47)50-34(8,9)10)24-17-15-21-38-30(46)49-33(5,6)7/h1H,12-25H2,2-10H3,(H,37,45)(H,38,46)(H,39,44)(H2,35,36,43). The highest BCUT2D eigenvalue weighted by Gasteiger charge is 2.28. The number of alkyl carbamates (subject to hydrolysis) is 2. The Morgan fingerprint density at radius 3 is 1.44 bits per heavy atom. The maximum atomic E-state index is 13.0. The predicted octanol–water partition coefficient (Wildman–Crippen LogP) is 4.08. The minimum atomic E-state index is -0.866. The molecule has 16 heteroatoms. The van der Waals surface area contributed by atoms with Gasteiger partial charge in [0.15, 0.2) is 0 Å². The van der Waals surface area contributed by atoms with Gasteiger partial charge in [0, 0.05) is 39.3 Å². The van der Waals surface area contributed by atoms with Gasteiger partial charge in [0.2, 0.25) is 5.91 Å². The van der Waals surface area contributed by atoms with Gasteiger partial charge in [-0.1, -0.05) is 5.92 Å². The van der Waals surface area contributed by atoms with E-state index in [2.05, 4.69) is 32.5 Å². The number of urea groups is 2. The number of nitrogens with zero attached hydrogens (tertiary/aromatic N) is 2. The van der Waals surface area contributed by atoms with Gasteiger partial charge in [0.05, 0.1) is 13.1 Å². The van der Waals surface area contributed by atoms with Crippen molar-refractivity contribution in [3.8, 4) is 12.3 Å². The van der Waals surface area contributed by atoms with Crippen LogP contribution >= 0.6 is 0 Å². The normalized spacial score (nSPS) is 11.3. The Bertz CT molecular complexity index is 1140. The molecule has 0 aliphatic heterocycles. The van der Waals surface area contributed by atoms with Crippen LogP contribution in [0.1, 0.15) is 101 Å². The van der Waals surface area contributed by atoms with Crippen LogP contribution in [0.4, 0.5) is 24.0 Å². The molecule has 0 spiro atoms. The second-order valence-corrected chi connectivity index (χ2v) is 14.5. The van der Waals surface area contributed by atoms with Gasteiger partial charge in [-0.2, -0.15) is 0 Å². The van der Waals surface area contributed by atoms with Crippen molar-refractivity contribution in [3.63, 3.8) is 0 Å². The molecule has 0 saturated heterocycles. The number of imide groups is 1. The van der Waals surface area contributed by atoms with Crippen LogP contribution in [0.2, 0.25) is 0 Å². The van der Waals surface area contributed by atoms with Crippen molar-refractivity contribution in [1.29, 1.82) is 0 Å². The minimum absolute atomic E-state index is 0.00904. The van der Waals surface area contributed by atoms with E-state index >= 15 is 0 Å². The maximum Gasteiger partial charge on any atom is 0.418 e. The number of ether oxygens (including phenoxy) is 3. The van der Waals surface area contributed by atoms with E-state index in [0.717, 1.165) is 4.90 Å². The third kappa shape index (κ3) is 25.6. The summed E-state index contributed by atoms with van der Waals surface area (Å²) in [5.41, 5.74) is -2.05. The van der Waals surface area contributed by atoms with Crippen molar-refractivity contribution < 1.29 is 43.0 Å². The van der Waals surface area contributed by atoms with Gasteiger partial charge in [-0.25, -0.2) is 28.9 Å². The molecule has 0 aliphatic carbocycles. The molecular formula is C34H61N7O9. The molecule has 0 aromatic carbocycles. The zero-order valence-corrected chi connectivity index (χ0v) is 31.5. The lowest BCUT2D eigenvalue weighted by Gasteiger charge is -2.27. The number of nitrogens with one attached hydrogen (secondary N) is 5. The van der Waals surface area contributed by atoms with Crippen LogP contribution in [0.25, 0.3) is 0 Å². The fourth-order valence-corrected chi connectivity index (χ4v) is 3.90. The fraction of sp³-hybridized carbons (Fsp3) is 0.765. The number of carbonyl (C=O) groups is 6. The van der Waals surface area contributed by atoms with Gasteiger partial charge in [0.1, 0.15) is 16.8 Å². The third-order valence-corrected chi connectivity index (χ3v) is 6.06. The lowest BCUT2D eigenvalue weighted by Crippen LogP contribution is -2.49. The van der Waals surface area contributed by atoms with Crippen LogP contribution in [0.5, 0.6) is 0 Å². The van der Waals surface area contributed by atoms with E-state index in [1.807, 2.05) is 0 Å². The first-order chi connectivity index (χ1) is 23.1. The number of carbonyl (C=O) groups excluding carboxylic acids is 6. The van der Waals surface area contributed by atoms with Crippen LogP contribution < -0.4 is 26.6 Å². The van der Waals surface area contributed by atoms with Crippen LogP contribution in [0.3, 0.4) is 0 Å². The highest BCUT2D eigenvalue weighted by Crippen LogP contribution is 2.11. The first kappa shape index (κ1) is 45.6. The third-order valence-electron chi connectivity index (χ3n) is 6.06. The molecule has 0 aromatic rings. The lowest BCUT2D eigenvalue weighted by atomic mass is 10.2. The Labute approximate surface area is 297 Å². The summed E-state index contributed by atoms with van der Waals surface area (Å²) in [6.07, 6.45) is 6.82. The summed E-state index contributed by atoms with van der Waals surface area (Å²) >= 11 is 0. The van der Waals surface area contributed by atoms with Gasteiger partial charge in [-0.15, -0.1) is 6.42 Å². The molecule has 0 unspecified atom stereocenters. The highest BCUT2D eigenvalue weighted by molar-refractivity contribution is 5.93. The summed E-state index contributed by atoms with van der Waals surface area (Å²) in [4.78, 5) is 76.5. The molecule has 0 aromatic heterocycles. The van der Waals surface area contributed by atoms with E-state index in [4.69, 9.17) is 20.6 Å². The van der Waals surface area contributed by atoms with Crippen LogP contribution in [0.15, 0.2) is 0 Å². The van der Waals surface area contributed by atoms with Gasteiger partial charge >= 0.3 is 30.3 Å². The summed E-state index contributed by atoms with van der Waals surface area (Å²) in [5.74, 6) is 2.00. The molecule has 5 N–H and O–H groups in total. The average molecular weight is 712 g/mol. The number of rotatable bonds is 18. The largest absolute Gasteiger partial charge is 0.444 e. The zero-order valence-electron chi connectivity index (χ0n) is 31.5. The molecule has 16 nitrogen and oxygen atoms in total. The molecule has 0 saturated carbocycles. The SMILES string of the molecule is C#CCN(CCCCNC(=O)NCCCCNC(=O)OC(C)(C)C)C(=O)CNC(=O)N(CCCCNC(=O)OC(C)(C)C)C(=O)OC(C)(C)C. The van der Waals surface area contributed by atoms with Crippen LogP contribution in [-0.2, 0) is 19.0 Å². The molecule has 0 atom stereocenters. The van der Waals surface area contributed by atoms with Gasteiger partial charge in [-0.3, -0.25) is 4.79 Å². The average Bonchev–Trinajstić information content (AvgIpc) is 2.95. The number of terminal acetylenes is 1. The van der Waals surface area contributed by atoms with E-state index in [9.17, 15) is 28.8 Å². The molecule has 0 bridgehead atoms. The quantitative estimate of drug-likeness (QED) is 0.0790. The van der Waals surface area contributed by atoms with Gasteiger partial charge in [-0.05, 0) is 101 Å². The molecular weight excluding hydrogens is 650 g/mol. The molecule has 0 rings (SSSR count). The Hall–Kier alpha value is -4.42. The zero-order chi connectivity index (χ0) is 38.4. The second kappa shape index (κ2) is 23.1. The van der Waals surface area contributed by atoms with Crippen molar-refractivity contribution in [3.05, 3.63) is 0 Å². The fourth-order valence-electron chi connectivity index (χ4n) is 3.90. The molecule has 0 aliphatic rings. The summed E-state index contributed by atoms with van der Waals surface area (Å²) < 4.78 is 15.7. The molecule has 286 valence electrons. The molecule has 0 fully saturated rings. The summed E-state index contributed by atoms with van der Waals surface area (Å²) in [6.45, 7) is 17.1. The molecule has 50 heavy (non-hydrogen) atoms. The molecule has 0 heterocycles. The van der Waals surface area contributed by atoms with Crippen molar-refractivity contribution in [2.45, 2.75) is 118 Å². The van der Waals surface area contributed by atoms with Crippen molar-refractivity contribution >= 4 is 36.2 Å². The maximum absolute atomic E-state index is 13.0. The Morgan fingerprint density at radius 2 is 1.00 bits per heavy atom. The Morgan fingerprint density at radius 1 is 0.580 bits per heavy atom. The monoisotopic (exact) mass is 711 g/mol. The van der Waals surface area contributed by atoms with Crippen molar-refractivity contribution in [2.24, 2.45) is 0 Å². The summed E-state index contributed by atoms with van der Waals surface area (Å²) in [5, 5.41) is 13.3. The van der Waals surface area contributed by atoms with Crippen molar-refractivity contribution in [1.82, 2.24) is 36.4 Å². The van der Waals surface area contributed by atoms with Gasteiger partial charge in [0.25, 0.3) is 0 Å². The first-order valence-electron chi connectivity index (χ1n) is 17.1. The van der Waals surface area contributed by atoms with E-state index in [-0.39, 0.29) is 25.7 Å². The Kier molecular flexibility index (Phi) is 21.0. The smallest absolute Gasteiger partial charge is 0.418 e. The topological polar surface area (TPSA) is 197 Å². The number of hydrogen-bond acceptors (Lipinski definition) is 9.